The lowest BCUT2D eigenvalue weighted by Crippen LogP contribution is -2.28. The van der Waals surface area contributed by atoms with Gasteiger partial charge >= 0.3 is 0 Å². The zero-order chi connectivity index (χ0) is 19.2. The Balaban J connectivity index is 1.84. The van der Waals surface area contributed by atoms with Crippen molar-refractivity contribution in [3.63, 3.8) is 0 Å². The Morgan fingerprint density at radius 1 is 0.852 bits per heavy atom. The largest absolute Gasteiger partial charge is 0.497 e. The molecular formula is C23H21NO3. The smallest absolute Gasteiger partial charge is 0.252 e. The van der Waals surface area contributed by atoms with Crippen LogP contribution in [0.25, 0.3) is 0 Å². The van der Waals surface area contributed by atoms with Crippen LogP contribution in [0.3, 0.4) is 0 Å². The Morgan fingerprint density at radius 2 is 1.52 bits per heavy atom. The molecule has 0 saturated heterocycles. The predicted molar refractivity (Wildman–Crippen MR) is 105 cm³/mol. The van der Waals surface area contributed by atoms with Crippen molar-refractivity contribution in [2.75, 3.05) is 7.11 Å². The molecule has 0 saturated carbocycles. The van der Waals surface area contributed by atoms with E-state index in [0.29, 0.717) is 16.7 Å². The second kappa shape index (κ2) is 8.32. The second-order valence-corrected chi connectivity index (χ2v) is 6.21. The molecule has 3 aromatic rings. The quantitative estimate of drug-likeness (QED) is 0.663. The highest BCUT2D eigenvalue weighted by molar-refractivity contribution is 6.15. The molecule has 0 aliphatic rings. The monoisotopic (exact) mass is 359 g/mol. The van der Waals surface area contributed by atoms with Crippen LogP contribution in [0, 0.1) is 0 Å². The molecule has 0 fully saturated rings. The molecule has 0 radical (unpaired) electrons. The maximum Gasteiger partial charge on any atom is 0.252 e. The first-order chi connectivity index (χ1) is 13.1. The fraction of sp³-hybridized carbons (Fsp3) is 0.130. The van der Waals surface area contributed by atoms with Crippen LogP contribution >= 0.6 is 0 Å². The van der Waals surface area contributed by atoms with Crippen molar-refractivity contribution in [3.05, 3.63) is 101 Å². The minimum atomic E-state index is -0.287. The van der Waals surface area contributed by atoms with Crippen LogP contribution in [0.1, 0.15) is 44.8 Å². The van der Waals surface area contributed by atoms with Crippen molar-refractivity contribution < 1.29 is 14.3 Å². The van der Waals surface area contributed by atoms with Crippen LogP contribution in [0.15, 0.2) is 78.9 Å². The van der Waals surface area contributed by atoms with Gasteiger partial charge in [0.2, 0.25) is 0 Å². The average Bonchev–Trinajstić information content (AvgIpc) is 2.73. The first-order valence-electron chi connectivity index (χ1n) is 8.73. The van der Waals surface area contributed by atoms with Crippen LogP contribution in [0.4, 0.5) is 0 Å². The topological polar surface area (TPSA) is 55.4 Å². The van der Waals surface area contributed by atoms with E-state index in [2.05, 4.69) is 5.32 Å². The third kappa shape index (κ3) is 4.23. The highest BCUT2D eigenvalue weighted by atomic mass is 16.5. The van der Waals surface area contributed by atoms with Gasteiger partial charge < -0.3 is 10.1 Å². The summed E-state index contributed by atoms with van der Waals surface area (Å²) in [6.07, 6.45) is 0. The fourth-order valence-electron chi connectivity index (χ4n) is 2.89. The summed E-state index contributed by atoms with van der Waals surface area (Å²) in [5.41, 5.74) is 2.23. The van der Waals surface area contributed by atoms with Gasteiger partial charge in [-0.1, -0.05) is 60.7 Å². The minimum Gasteiger partial charge on any atom is -0.497 e. The molecular weight excluding hydrogens is 338 g/mol. The Bertz CT molecular complexity index is 951. The molecule has 1 N–H and O–H groups in total. The number of hydrogen-bond acceptors (Lipinski definition) is 3. The van der Waals surface area contributed by atoms with E-state index in [1.807, 2.05) is 37.3 Å². The molecule has 1 amide bonds. The lowest BCUT2D eigenvalue weighted by molar-refractivity contribution is 0.0929. The highest BCUT2D eigenvalue weighted by Gasteiger charge is 2.19. The zero-order valence-electron chi connectivity index (χ0n) is 15.3. The van der Waals surface area contributed by atoms with E-state index < -0.39 is 0 Å². The van der Waals surface area contributed by atoms with Gasteiger partial charge in [0.1, 0.15) is 5.75 Å². The van der Waals surface area contributed by atoms with Crippen molar-refractivity contribution >= 4 is 11.7 Å². The Kier molecular flexibility index (Phi) is 5.67. The molecule has 0 aliphatic carbocycles. The zero-order valence-corrected chi connectivity index (χ0v) is 15.3. The van der Waals surface area contributed by atoms with Crippen LogP contribution in [0.5, 0.6) is 5.75 Å². The molecule has 3 rings (SSSR count). The third-order valence-electron chi connectivity index (χ3n) is 4.39. The van der Waals surface area contributed by atoms with Gasteiger partial charge in [-0.05, 0) is 30.7 Å². The van der Waals surface area contributed by atoms with Crippen molar-refractivity contribution in [1.29, 1.82) is 0 Å². The van der Waals surface area contributed by atoms with E-state index in [1.165, 1.54) is 0 Å². The number of amides is 1. The van der Waals surface area contributed by atoms with E-state index in [1.54, 1.807) is 55.6 Å². The van der Waals surface area contributed by atoms with Crippen LogP contribution < -0.4 is 10.1 Å². The van der Waals surface area contributed by atoms with E-state index in [4.69, 9.17) is 4.74 Å². The van der Waals surface area contributed by atoms with Gasteiger partial charge in [0, 0.05) is 11.1 Å². The molecule has 0 aromatic heterocycles. The number of carbonyl (C=O) groups excluding carboxylic acids is 2. The Hall–Kier alpha value is -3.40. The molecule has 3 aromatic carbocycles. The van der Waals surface area contributed by atoms with Crippen LogP contribution in [-0.2, 0) is 0 Å². The first-order valence-corrected chi connectivity index (χ1v) is 8.73. The molecule has 1 atom stereocenters. The van der Waals surface area contributed by atoms with E-state index in [9.17, 15) is 9.59 Å². The van der Waals surface area contributed by atoms with Crippen molar-refractivity contribution in [1.82, 2.24) is 5.32 Å². The third-order valence-corrected chi connectivity index (χ3v) is 4.39. The molecule has 0 bridgehead atoms. The number of benzene rings is 3. The average molecular weight is 359 g/mol. The first kappa shape index (κ1) is 18.4. The summed E-state index contributed by atoms with van der Waals surface area (Å²) in [6.45, 7) is 1.90. The molecule has 0 heterocycles. The highest BCUT2D eigenvalue weighted by Crippen LogP contribution is 2.20. The SMILES string of the molecule is COc1cccc(C(C)NC(=O)c2ccccc2C(=O)c2ccccc2)c1. The summed E-state index contributed by atoms with van der Waals surface area (Å²) in [4.78, 5) is 25.7. The molecule has 0 spiro atoms. The number of nitrogens with one attached hydrogen (secondary N) is 1. The molecule has 27 heavy (non-hydrogen) atoms. The lowest BCUT2D eigenvalue weighted by atomic mass is 9.97. The molecule has 4 nitrogen and oxygen atoms in total. The Morgan fingerprint density at radius 3 is 2.22 bits per heavy atom. The van der Waals surface area contributed by atoms with Crippen LogP contribution in [-0.4, -0.2) is 18.8 Å². The van der Waals surface area contributed by atoms with Crippen molar-refractivity contribution in [3.8, 4) is 5.75 Å². The van der Waals surface area contributed by atoms with Crippen LogP contribution in [0.2, 0.25) is 0 Å². The number of ketones is 1. The maximum absolute atomic E-state index is 12.8. The van der Waals surface area contributed by atoms with Gasteiger partial charge in [-0.15, -0.1) is 0 Å². The molecule has 136 valence electrons. The standard InChI is InChI=1S/C23H21NO3/c1-16(18-11-8-12-19(15-18)27-2)24-23(26)21-14-7-6-13-20(21)22(25)17-9-4-3-5-10-17/h3-16H,1-2H3,(H,24,26). The molecule has 4 heteroatoms. The van der Waals surface area contributed by atoms with Gasteiger partial charge in [-0.3, -0.25) is 9.59 Å². The Labute approximate surface area is 158 Å². The summed E-state index contributed by atoms with van der Waals surface area (Å²) in [5, 5.41) is 2.96. The van der Waals surface area contributed by atoms with Gasteiger partial charge in [0.25, 0.3) is 5.91 Å². The summed E-state index contributed by atoms with van der Waals surface area (Å²) in [5.74, 6) is 0.272. The number of hydrogen-bond donors (Lipinski definition) is 1. The number of methoxy groups -OCH3 is 1. The number of rotatable bonds is 6. The van der Waals surface area contributed by atoms with Gasteiger partial charge in [0.05, 0.1) is 18.7 Å². The maximum atomic E-state index is 12.8. The second-order valence-electron chi connectivity index (χ2n) is 6.21. The fourth-order valence-corrected chi connectivity index (χ4v) is 2.89. The van der Waals surface area contributed by atoms with E-state index in [-0.39, 0.29) is 17.7 Å². The van der Waals surface area contributed by atoms with E-state index >= 15 is 0 Å². The number of carbonyl (C=O) groups is 2. The number of ether oxygens (including phenoxy) is 1. The normalized spacial score (nSPS) is 11.5. The summed E-state index contributed by atoms with van der Waals surface area (Å²) < 4.78 is 5.24. The predicted octanol–water partition coefficient (Wildman–Crippen LogP) is 4.42. The van der Waals surface area contributed by atoms with Gasteiger partial charge in [-0.25, -0.2) is 0 Å². The van der Waals surface area contributed by atoms with Gasteiger partial charge in [0.15, 0.2) is 5.78 Å². The molecule has 0 aliphatic heterocycles. The van der Waals surface area contributed by atoms with Gasteiger partial charge in [-0.2, -0.15) is 0 Å². The summed E-state index contributed by atoms with van der Waals surface area (Å²) in [7, 11) is 1.60. The minimum absolute atomic E-state index is 0.171. The lowest BCUT2D eigenvalue weighted by Gasteiger charge is -2.16. The summed E-state index contributed by atoms with van der Waals surface area (Å²) in [6, 6.07) is 23.1. The van der Waals surface area contributed by atoms with Crippen molar-refractivity contribution in [2.24, 2.45) is 0 Å². The summed E-state index contributed by atoms with van der Waals surface area (Å²) >= 11 is 0. The van der Waals surface area contributed by atoms with Crippen molar-refractivity contribution in [2.45, 2.75) is 13.0 Å². The molecule has 1 unspecified atom stereocenters. The van der Waals surface area contributed by atoms with E-state index in [0.717, 1.165) is 11.3 Å².